The van der Waals surface area contributed by atoms with Crippen LogP contribution >= 0.6 is 12.6 Å². The Morgan fingerprint density at radius 3 is 2.00 bits per heavy atom. The van der Waals surface area contributed by atoms with E-state index in [1.54, 1.807) is 28.4 Å². The number of aromatic nitrogens is 3. The van der Waals surface area contributed by atoms with Crippen LogP contribution in [0.3, 0.4) is 0 Å². The largest absolute Gasteiger partial charge is 0.496 e. The molecule has 0 bridgehead atoms. The number of aromatic amines is 1. The van der Waals surface area contributed by atoms with Crippen molar-refractivity contribution >= 4 is 12.6 Å². The highest BCUT2D eigenvalue weighted by molar-refractivity contribution is 7.80. The van der Waals surface area contributed by atoms with Gasteiger partial charge in [-0.2, -0.15) is 0 Å². The van der Waals surface area contributed by atoms with Gasteiger partial charge in [-0.3, -0.25) is 5.10 Å². The minimum Gasteiger partial charge on any atom is -0.496 e. The average molecular weight is 373 g/mol. The van der Waals surface area contributed by atoms with E-state index < -0.39 is 0 Å². The summed E-state index contributed by atoms with van der Waals surface area (Å²) in [4.78, 5) is 0.718. The van der Waals surface area contributed by atoms with Gasteiger partial charge in [0.15, 0.2) is 11.5 Å². The topological polar surface area (TPSA) is 78.5 Å². The quantitative estimate of drug-likeness (QED) is 0.644. The Morgan fingerprint density at radius 2 is 1.46 bits per heavy atom. The van der Waals surface area contributed by atoms with Gasteiger partial charge in [-0.15, -0.1) is 17.7 Å². The molecule has 7 nitrogen and oxygen atoms in total. The van der Waals surface area contributed by atoms with Crippen LogP contribution in [0.1, 0.15) is 0 Å². The second-order valence-corrected chi connectivity index (χ2v) is 5.82. The first-order valence-corrected chi connectivity index (χ1v) is 8.16. The van der Waals surface area contributed by atoms with Crippen LogP contribution in [-0.4, -0.2) is 43.8 Å². The number of benzene rings is 2. The molecule has 8 heteroatoms. The summed E-state index contributed by atoms with van der Waals surface area (Å²) < 4.78 is 21.5. The van der Waals surface area contributed by atoms with E-state index in [4.69, 9.17) is 18.9 Å². The molecule has 0 aliphatic heterocycles. The molecule has 3 rings (SSSR count). The Kier molecular flexibility index (Phi) is 5.22. The van der Waals surface area contributed by atoms with E-state index in [0.29, 0.717) is 28.7 Å². The van der Waals surface area contributed by atoms with Crippen LogP contribution in [0.4, 0.5) is 0 Å². The van der Waals surface area contributed by atoms with Crippen molar-refractivity contribution in [2.24, 2.45) is 0 Å². The van der Waals surface area contributed by atoms with Crippen LogP contribution < -0.4 is 18.9 Å². The van der Waals surface area contributed by atoms with Crippen LogP contribution in [0, 0.1) is 0 Å². The highest BCUT2D eigenvalue weighted by Crippen LogP contribution is 2.42. The fourth-order valence-electron chi connectivity index (χ4n) is 2.69. The fraction of sp³-hybridized carbons (Fsp3) is 0.222. The summed E-state index contributed by atoms with van der Waals surface area (Å²) in [5, 5.41) is 11.1. The van der Waals surface area contributed by atoms with Gasteiger partial charge in [-0.05, 0) is 30.3 Å². The summed E-state index contributed by atoms with van der Waals surface area (Å²) in [6.07, 6.45) is 0. The molecule has 0 aliphatic rings. The molecule has 0 fully saturated rings. The highest BCUT2D eigenvalue weighted by Gasteiger charge is 2.19. The Labute approximate surface area is 156 Å². The predicted molar refractivity (Wildman–Crippen MR) is 101 cm³/mol. The van der Waals surface area contributed by atoms with E-state index in [-0.39, 0.29) is 0 Å². The van der Waals surface area contributed by atoms with Crippen LogP contribution in [0.5, 0.6) is 23.0 Å². The first kappa shape index (κ1) is 17.9. The number of hydrogen-bond donors (Lipinski definition) is 2. The fourth-order valence-corrected chi connectivity index (χ4v) is 3.00. The zero-order valence-electron chi connectivity index (χ0n) is 14.9. The van der Waals surface area contributed by atoms with Crippen molar-refractivity contribution in [1.82, 2.24) is 15.4 Å². The lowest BCUT2D eigenvalue weighted by atomic mass is 10.0. The van der Waals surface area contributed by atoms with E-state index in [2.05, 4.69) is 28.0 Å². The minimum absolute atomic E-state index is 0.519. The summed E-state index contributed by atoms with van der Waals surface area (Å²) in [7, 11) is 6.31. The molecule has 0 unspecified atom stereocenters. The summed E-state index contributed by atoms with van der Waals surface area (Å²) in [5.74, 6) is 2.30. The number of rotatable bonds is 6. The molecule has 0 aliphatic carbocycles. The van der Waals surface area contributed by atoms with Crippen molar-refractivity contribution in [3.8, 4) is 45.5 Å². The number of nitrogens with zero attached hydrogens (tertiary/aromatic N) is 2. The van der Waals surface area contributed by atoms with Gasteiger partial charge in [0.2, 0.25) is 5.75 Å². The SMILES string of the molecule is COc1ccc(-c2[nH]nnc2-c2cc(OC)c(OC)c(OC)c2)cc1S. The lowest BCUT2D eigenvalue weighted by molar-refractivity contribution is 0.324. The van der Waals surface area contributed by atoms with Crippen molar-refractivity contribution in [1.29, 1.82) is 0 Å². The molecule has 0 atom stereocenters. The van der Waals surface area contributed by atoms with Crippen molar-refractivity contribution in [3.63, 3.8) is 0 Å². The molecule has 136 valence electrons. The third kappa shape index (κ3) is 3.15. The number of thiol groups is 1. The molecular formula is C18H19N3O4S. The molecular weight excluding hydrogens is 354 g/mol. The molecule has 0 amide bonds. The number of ether oxygens (including phenoxy) is 4. The molecule has 3 aromatic rings. The van der Waals surface area contributed by atoms with Gasteiger partial charge in [-0.25, -0.2) is 0 Å². The molecule has 1 heterocycles. The van der Waals surface area contributed by atoms with Crippen LogP contribution in [0.2, 0.25) is 0 Å². The van der Waals surface area contributed by atoms with Crippen LogP contribution in [-0.2, 0) is 0 Å². The maximum Gasteiger partial charge on any atom is 0.203 e. The van der Waals surface area contributed by atoms with Crippen molar-refractivity contribution in [2.75, 3.05) is 28.4 Å². The Morgan fingerprint density at radius 1 is 0.808 bits per heavy atom. The lowest BCUT2D eigenvalue weighted by Gasteiger charge is -2.14. The maximum atomic E-state index is 5.42. The lowest BCUT2D eigenvalue weighted by Crippen LogP contribution is -1.96. The third-order valence-electron chi connectivity index (χ3n) is 3.95. The zero-order valence-corrected chi connectivity index (χ0v) is 15.8. The van der Waals surface area contributed by atoms with Crippen molar-refractivity contribution < 1.29 is 18.9 Å². The van der Waals surface area contributed by atoms with E-state index in [1.807, 2.05) is 30.3 Å². The first-order valence-electron chi connectivity index (χ1n) is 7.71. The van der Waals surface area contributed by atoms with E-state index in [1.165, 1.54) is 0 Å². The normalized spacial score (nSPS) is 10.5. The predicted octanol–water partition coefficient (Wildman–Crippen LogP) is 3.46. The molecule has 2 aromatic carbocycles. The van der Waals surface area contributed by atoms with Gasteiger partial charge in [0, 0.05) is 16.0 Å². The van der Waals surface area contributed by atoms with Gasteiger partial charge in [0.25, 0.3) is 0 Å². The number of hydrogen-bond acceptors (Lipinski definition) is 7. The van der Waals surface area contributed by atoms with E-state index in [9.17, 15) is 0 Å². The maximum absolute atomic E-state index is 5.42. The monoisotopic (exact) mass is 373 g/mol. The Balaban J connectivity index is 2.13. The number of methoxy groups -OCH3 is 4. The van der Waals surface area contributed by atoms with Crippen molar-refractivity contribution in [3.05, 3.63) is 30.3 Å². The van der Waals surface area contributed by atoms with Gasteiger partial charge >= 0.3 is 0 Å². The second-order valence-electron chi connectivity index (χ2n) is 5.34. The Hall–Kier alpha value is -2.87. The van der Waals surface area contributed by atoms with Gasteiger partial charge in [0.1, 0.15) is 11.4 Å². The van der Waals surface area contributed by atoms with Crippen LogP contribution in [0.25, 0.3) is 22.5 Å². The molecule has 1 aromatic heterocycles. The second kappa shape index (κ2) is 7.57. The molecule has 0 saturated carbocycles. The standard InChI is InChI=1S/C18H19N3O4S/c1-22-12-6-5-10(9-15(12)26)16-17(20-21-19-16)11-7-13(23-2)18(25-4)14(8-11)24-3/h5-9,26H,1-4H3,(H,19,20,21). The Bertz CT molecular complexity index is 902. The summed E-state index contributed by atoms with van der Waals surface area (Å²) >= 11 is 4.45. The zero-order chi connectivity index (χ0) is 18.7. The van der Waals surface area contributed by atoms with Gasteiger partial charge in [0.05, 0.1) is 34.1 Å². The van der Waals surface area contributed by atoms with Gasteiger partial charge < -0.3 is 18.9 Å². The number of nitrogens with one attached hydrogen (secondary N) is 1. The first-order chi connectivity index (χ1) is 12.6. The summed E-state index contributed by atoms with van der Waals surface area (Å²) in [6, 6.07) is 9.30. The van der Waals surface area contributed by atoms with Gasteiger partial charge in [-0.1, -0.05) is 5.21 Å². The average Bonchev–Trinajstić information content (AvgIpc) is 3.16. The summed E-state index contributed by atoms with van der Waals surface area (Å²) in [5.41, 5.74) is 3.06. The molecule has 1 N–H and O–H groups in total. The highest BCUT2D eigenvalue weighted by atomic mass is 32.1. The van der Waals surface area contributed by atoms with E-state index >= 15 is 0 Å². The smallest absolute Gasteiger partial charge is 0.203 e. The molecule has 0 radical (unpaired) electrons. The minimum atomic E-state index is 0.519. The van der Waals surface area contributed by atoms with E-state index in [0.717, 1.165) is 21.7 Å². The number of H-pyrrole nitrogens is 1. The molecule has 26 heavy (non-hydrogen) atoms. The third-order valence-corrected chi connectivity index (χ3v) is 4.30. The molecule has 0 saturated heterocycles. The summed E-state index contributed by atoms with van der Waals surface area (Å²) in [6.45, 7) is 0. The van der Waals surface area contributed by atoms with Crippen molar-refractivity contribution in [2.45, 2.75) is 4.90 Å². The van der Waals surface area contributed by atoms with Crippen LogP contribution in [0.15, 0.2) is 35.2 Å². The molecule has 0 spiro atoms.